The first-order chi connectivity index (χ1) is 4.76. The van der Waals surface area contributed by atoms with E-state index in [9.17, 15) is 0 Å². The Balaban J connectivity index is 3.67. The molecule has 0 amide bonds. The Morgan fingerprint density at radius 1 is 1.70 bits per heavy atom. The van der Waals surface area contributed by atoms with Gasteiger partial charge in [0.25, 0.3) is 0 Å². The summed E-state index contributed by atoms with van der Waals surface area (Å²) in [6.45, 7) is 5.84. The van der Waals surface area contributed by atoms with Gasteiger partial charge in [0.15, 0.2) is 0 Å². The molecule has 0 aromatic carbocycles. The largest absolute Gasteiger partial charge is 0.380 e. The van der Waals surface area contributed by atoms with Gasteiger partial charge in [0, 0.05) is 12.4 Å². The number of hydrogen-bond donors (Lipinski definition) is 0. The molecule has 0 N–H and O–H groups in total. The van der Waals surface area contributed by atoms with E-state index < -0.39 is 0 Å². The van der Waals surface area contributed by atoms with Crippen LogP contribution in [0.1, 0.15) is 13.3 Å². The lowest BCUT2D eigenvalue weighted by Gasteiger charge is -2.18. The van der Waals surface area contributed by atoms with Crippen molar-refractivity contribution in [2.24, 2.45) is 0 Å². The van der Waals surface area contributed by atoms with Crippen LogP contribution < -0.4 is 0 Å². The molecule has 0 radical (unpaired) electrons. The summed E-state index contributed by atoms with van der Waals surface area (Å²) in [5, 5.41) is 0.558. The molecule has 0 aromatic heterocycles. The van der Waals surface area contributed by atoms with Crippen molar-refractivity contribution in [1.82, 2.24) is 0 Å². The first-order valence-corrected chi connectivity index (χ1v) is 4.71. The van der Waals surface area contributed by atoms with Crippen LogP contribution in [0.4, 0.5) is 0 Å². The lowest BCUT2D eigenvalue weighted by Crippen LogP contribution is -2.21. The van der Waals surface area contributed by atoms with Gasteiger partial charge in [-0.3, -0.25) is 0 Å². The van der Waals surface area contributed by atoms with Crippen molar-refractivity contribution in [3.8, 4) is 0 Å². The van der Waals surface area contributed by atoms with Crippen LogP contribution in [0.15, 0.2) is 12.7 Å². The van der Waals surface area contributed by atoms with Crippen molar-refractivity contribution in [2.75, 3.05) is 13.4 Å². The molecule has 0 aliphatic heterocycles. The van der Waals surface area contributed by atoms with E-state index in [4.69, 9.17) is 4.74 Å². The average Bonchev–Trinajstić information content (AvgIpc) is 1.99. The van der Waals surface area contributed by atoms with Crippen molar-refractivity contribution < 1.29 is 4.74 Å². The Bertz CT molecular complexity index is 93.3. The Labute approximate surface area is 67.8 Å². The molecular weight excluding hydrogens is 144 g/mol. The van der Waals surface area contributed by atoms with Crippen LogP contribution in [0, 0.1) is 0 Å². The Morgan fingerprint density at radius 3 is 2.60 bits per heavy atom. The molecule has 0 saturated carbocycles. The maximum atomic E-state index is 5.25. The zero-order valence-electron chi connectivity index (χ0n) is 6.96. The molecule has 60 valence electrons. The summed E-state index contributed by atoms with van der Waals surface area (Å²) in [4.78, 5) is 0. The molecule has 0 bridgehead atoms. The zero-order chi connectivity index (χ0) is 7.98. The van der Waals surface area contributed by atoms with Crippen LogP contribution in [0.5, 0.6) is 0 Å². The minimum absolute atomic E-state index is 0.326. The second-order valence-corrected chi connectivity index (χ2v) is 3.45. The molecule has 0 aliphatic carbocycles. The van der Waals surface area contributed by atoms with E-state index in [1.54, 1.807) is 7.11 Å². The third-order valence-electron chi connectivity index (χ3n) is 1.60. The van der Waals surface area contributed by atoms with Gasteiger partial charge < -0.3 is 4.74 Å². The van der Waals surface area contributed by atoms with E-state index in [2.05, 4.69) is 19.8 Å². The molecule has 0 aliphatic rings. The average molecular weight is 160 g/mol. The summed E-state index contributed by atoms with van der Waals surface area (Å²) < 4.78 is 5.25. The SMILES string of the molecule is C=CC[C@@H](OC)[C@@H](C)SC. The fraction of sp³-hybridized carbons (Fsp3) is 0.750. The van der Waals surface area contributed by atoms with Crippen molar-refractivity contribution >= 4 is 11.8 Å². The molecule has 2 atom stereocenters. The topological polar surface area (TPSA) is 9.23 Å². The van der Waals surface area contributed by atoms with E-state index in [1.165, 1.54) is 0 Å². The second kappa shape index (κ2) is 5.81. The Morgan fingerprint density at radius 2 is 2.30 bits per heavy atom. The minimum atomic E-state index is 0.326. The van der Waals surface area contributed by atoms with E-state index in [0.29, 0.717) is 11.4 Å². The fourth-order valence-electron chi connectivity index (χ4n) is 0.796. The second-order valence-electron chi connectivity index (χ2n) is 2.24. The van der Waals surface area contributed by atoms with Crippen LogP contribution in [-0.2, 0) is 4.74 Å². The Hall–Kier alpha value is 0.0500. The van der Waals surface area contributed by atoms with E-state index in [1.807, 2.05) is 17.8 Å². The van der Waals surface area contributed by atoms with Crippen molar-refractivity contribution in [3.63, 3.8) is 0 Å². The van der Waals surface area contributed by atoms with Gasteiger partial charge in [-0.2, -0.15) is 11.8 Å². The standard InChI is InChI=1S/C8H16OS/c1-5-6-8(9-3)7(2)10-4/h5,7-8H,1,6H2,2-4H3/t7-,8-/m1/s1. The van der Waals surface area contributed by atoms with Crippen LogP contribution in [0.3, 0.4) is 0 Å². The van der Waals surface area contributed by atoms with Gasteiger partial charge in [-0.25, -0.2) is 0 Å². The lowest BCUT2D eigenvalue weighted by molar-refractivity contribution is 0.107. The monoisotopic (exact) mass is 160 g/mol. The number of ether oxygens (including phenoxy) is 1. The van der Waals surface area contributed by atoms with Gasteiger partial charge in [0.1, 0.15) is 0 Å². The van der Waals surface area contributed by atoms with Gasteiger partial charge >= 0.3 is 0 Å². The van der Waals surface area contributed by atoms with Crippen LogP contribution in [0.25, 0.3) is 0 Å². The maximum Gasteiger partial charge on any atom is 0.0721 e. The summed E-state index contributed by atoms with van der Waals surface area (Å²) >= 11 is 1.82. The molecular formula is C8H16OS. The predicted octanol–water partition coefficient (Wildman–Crippen LogP) is 2.33. The molecule has 0 heterocycles. The molecule has 1 nitrogen and oxygen atoms in total. The molecule has 0 rings (SSSR count). The molecule has 0 unspecified atom stereocenters. The summed E-state index contributed by atoms with van der Waals surface area (Å²) in [6.07, 6.45) is 5.27. The lowest BCUT2D eigenvalue weighted by atomic mass is 10.2. The molecule has 0 fully saturated rings. The normalized spacial score (nSPS) is 16.3. The summed E-state index contributed by atoms with van der Waals surface area (Å²) in [5.74, 6) is 0. The van der Waals surface area contributed by atoms with Crippen molar-refractivity contribution in [2.45, 2.75) is 24.7 Å². The van der Waals surface area contributed by atoms with Gasteiger partial charge in [0.2, 0.25) is 0 Å². The van der Waals surface area contributed by atoms with Gasteiger partial charge in [0.05, 0.1) is 6.10 Å². The molecule has 0 saturated heterocycles. The van der Waals surface area contributed by atoms with Crippen molar-refractivity contribution in [3.05, 3.63) is 12.7 Å². The number of methoxy groups -OCH3 is 1. The maximum absolute atomic E-state index is 5.25. The van der Waals surface area contributed by atoms with Crippen LogP contribution in [0.2, 0.25) is 0 Å². The summed E-state index contributed by atoms with van der Waals surface area (Å²) in [7, 11) is 1.75. The highest BCUT2D eigenvalue weighted by Gasteiger charge is 2.12. The van der Waals surface area contributed by atoms with Gasteiger partial charge in [-0.1, -0.05) is 13.0 Å². The summed E-state index contributed by atoms with van der Waals surface area (Å²) in [5.41, 5.74) is 0. The van der Waals surface area contributed by atoms with Crippen LogP contribution in [-0.4, -0.2) is 24.7 Å². The predicted molar refractivity (Wildman–Crippen MR) is 48.6 cm³/mol. The number of thioether (sulfide) groups is 1. The van der Waals surface area contributed by atoms with E-state index in [0.717, 1.165) is 6.42 Å². The zero-order valence-corrected chi connectivity index (χ0v) is 7.78. The smallest absolute Gasteiger partial charge is 0.0721 e. The third kappa shape index (κ3) is 3.28. The van der Waals surface area contributed by atoms with E-state index >= 15 is 0 Å². The van der Waals surface area contributed by atoms with E-state index in [-0.39, 0.29) is 0 Å². The number of hydrogen-bond acceptors (Lipinski definition) is 2. The Kier molecular flexibility index (Phi) is 5.84. The highest BCUT2D eigenvalue weighted by molar-refractivity contribution is 7.99. The molecule has 0 aromatic rings. The third-order valence-corrected chi connectivity index (χ3v) is 2.64. The number of rotatable bonds is 5. The van der Waals surface area contributed by atoms with Crippen LogP contribution >= 0.6 is 11.8 Å². The quantitative estimate of drug-likeness (QED) is 0.571. The summed E-state index contributed by atoms with van der Waals surface area (Å²) in [6, 6.07) is 0. The van der Waals surface area contributed by atoms with Crippen molar-refractivity contribution in [1.29, 1.82) is 0 Å². The first-order valence-electron chi connectivity index (χ1n) is 3.42. The molecule has 0 spiro atoms. The molecule has 2 heteroatoms. The van der Waals surface area contributed by atoms with Gasteiger partial charge in [-0.05, 0) is 12.7 Å². The minimum Gasteiger partial charge on any atom is -0.380 e. The highest BCUT2D eigenvalue weighted by Crippen LogP contribution is 2.15. The first kappa shape index (κ1) is 10.0. The fourth-order valence-corrected chi connectivity index (χ4v) is 1.32. The van der Waals surface area contributed by atoms with Gasteiger partial charge in [-0.15, -0.1) is 6.58 Å². The molecule has 10 heavy (non-hydrogen) atoms. The highest BCUT2D eigenvalue weighted by atomic mass is 32.2.